The minimum Gasteiger partial charge on any atom is -0.319 e. The molecular formula is C24H28N4O2S. The zero-order chi connectivity index (χ0) is 21.8. The molecule has 1 fully saturated rings. The van der Waals surface area contributed by atoms with Gasteiger partial charge in [0.25, 0.3) is 5.91 Å². The van der Waals surface area contributed by atoms with Crippen molar-refractivity contribution >= 4 is 23.3 Å². The van der Waals surface area contributed by atoms with Crippen LogP contribution in [-0.4, -0.2) is 45.2 Å². The van der Waals surface area contributed by atoms with Crippen molar-refractivity contribution in [2.45, 2.75) is 32.7 Å². The van der Waals surface area contributed by atoms with Crippen molar-refractivity contribution in [3.8, 4) is 22.6 Å². The zero-order valence-electron chi connectivity index (χ0n) is 17.9. The molecule has 1 saturated heterocycles. The van der Waals surface area contributed by atoms with Crippen LogP contribution in [0.25, 0.3) is 28.7 Å². The summed E-state index contributed by atoms with van der Waals surface area (Å²) < 4.78 is 2.43. The second-order valence-corrected chi connectivity index (χ2v) is 8.66. The van der Waals surface area contributed by atoms with E-state index in [9.17, 15) is 4.79 Å². The predicted octanol–water partition coefficient (Wildman–Crippen LogP) is 4.76. The number of aryl methyl sites for hydroxylation is 1. The van der Waals surface area contributed by atoms with E-state index in [-0.39, 0.29) is 0 Å². The number of likely N-dealkylation sites (tertiary alicyclic amines) is 1. The highest BCUT2D eigenvalue weighted by Gasteiger charge is 2.27. The van der Waals surface area contributed by atoms with Crippen molar-refractivity contribution in [3.63, 3.8) is 0 Å². The molecule has 0 spiro atoms. The Kier molecular flexibility index (Phi) is 6.65. The number of hydrogen-bond donors (Lipinski definition) is 2. The summed E-state index contributed by atoms with van der Waals surface area (Å²) in [6, 6.07) is 10.5. The number of piperidine rings is 1. The molecule has 3 aromatic rings. The standard InChI is InChI=1S/C24H28N4O2S/c1-3-27-12-5-8-21(15-27)28-23(20-11-13-31-16-20)17(2)25-24(28)19-7-4-6-18(14-19)9-10-22(29)26-30/h4,6-7,9-11,13-14,16,21,30H,3,5,8,12,15H2,1-2H3,(H,26,29)/b10-9+. The lowest BCUT2D eigenvalue weighted by molar-refractivity contribution is -0.124. The van der Waals surface area contributed by atoms with E-state index in [0.717, 1.165) is 48.7 Å². The molecule has 0 saturated carbocycles. The summed E-state index contributed by atoms with van der Waals surface area (Å²) in [6.07, 6.45) is 5.31. The topological polar surface area (TPSA) is 70.4 Å². The number of nitrogens with one attached hydrogen (secondary N) is 1. The minimum atomic E-state index is -0.552. The van der Waals surface area contributed by atoms with Crippen molar-refractivity contribution < 1.29 is 10.0 Å². The van der Waals surface area contributed by atoms with Gasteiger partial charge in [-0.05, 0) is 62.0 Å². The lowest BCUT2D eigenvalue weighted by Crippen LogP contribution is -2.36. The Bertz CT molecular complexity index is 1070. The molecule has 31 heavy (non-hydrogen) atoms. The fraction of sp³-hybridized carbons (Fsp3) is 0.333. The van der Waals surface area contributed by atoms with Gasteiger partial charge in [-0.1, -0.05) is 25.1 Å². The van der Waals surface area contributed by atoms with Crippen LogP contribution in [0.15, 0.2) is 47.2 Å². The normalized spacial score (nSPS) is 17.3. The maximum Gasteiger partial charge on any atom is 0.267 e. The number of likely N-dealkylation sites (N-methyl/N-ethyl adjacent to an activating group) is 1. The number of amides is 1. The first-order valence-corrected chi connectivity index (χ1v) is 11.6. The Morgan fingerprint density at radius 2 is 2.23 bits per heavy atom. The number of thiophene rings is 1. The maximum absolute atomic E-state index is 11.4. The first-order chi connectivity index (χ1) is 15.1. The molecule has 1 aromatic carbocycles. The minimum absolute atomic E-state index is 0.360. The molecule has 4 rings (SSSR count). The largest absolute Gasteiger partial charge is 0.319 e. The Labute approximate surface area is 186 Å². The molecule has 0 radical (unpaired) electrons. The summed E-state index contributed by atoms with van der Waals surface area (Å²) in [6.45, 7) is 7.54. The van der Waals surface area contributed by atoms with Gasteiger partial charge < -0.3 is 9.47 Å². The third kappa shape index (κ3) is 4.63. The molecule has 1 amide bonds. The van der Waals surface area contributed by atoms with Crippen LogP contribution >= 0.6 is 11.3 Å². The number of nitrogens with zero attached hydrogens (tertiary/aromatic N) is 3. The van der Waals surface area contributed by atoms with Crippen LogP contribution in [0.4, 0.5) is 0 Å². The monoisotopic (exact) mass is 436 g/mol. The molecule has 1 unspecified atom stereocenters. The number of carbonyl (C=O) groups excluding carboxylic acids is 1. The summed E-state index contributed by atoms with van der Waals surface area (Å²) in [7, 11) is 0. The molecule has 1 aliphatic rings. The third-order valence-corrected chi connectivity index (χ3v) is 6.54. The summed E-state index contributed by atoms with van der Waals surface area (Å²) in [5.74, 6) is 0.410. The number of imidazole rings is 1. The molecule has 3 heterocycles. The summed E-state index contributed by atoms with van der Waals surface area (Å²) in [5, 5.41) is 13.0. The van der Waals surface area contributed by atoms with E-state index in [0.29, 0.717) is 6.04 Å². The van der Waals surface area contributed by atoms with E-state index >= 15 is 0 Å². The maximum atomic E-state index is 11.4. The van der Waals surface area contributed by atoms with Crippen LogP contribution in [0.2, 0.25) is 0 Å². The molecule has 2 N–H and O–H groups in total. The van der Waals surface area contributed by atoms with Crippen molar-refractivity contribution in [1.29, 1.82) is 0 Å². The van der Waals surface area contributed by atoms with Crippen molar-refractivity contribution in [2.75, 3.05) is 19.6 Å². The van der Waals surface area contributed by atoms with Gasteiger partial charge in [-0.3, -0.25) is 10.0 Å². The Morgan fingerprint density at radius 3 is 2.97 bits per heavy atom. The predicted molar refractivity (Wildman–Crippen MR) is 125 cm³/mol. The Balaban J connectivity index is 1.81. The summed E-state index contributed by atoms with van der Waals surface area (Å²) in [5.41, 5.74) is 6.96. The van der Waals surface area contributed by atoms with Crippen LogP contribution < -0.4 is 5.48 Å². The highest BCUT2D eigenvalue weighted by Crippen LogP contribution is 2.37. The van der Waals surface area contributed by atoms with Gasteiger partial charge >= 0.3 is 0 Å². The van der Waals surface area contributed by atoms with E-state index in [1.807, 2.05) is 18.2 Å². The second-order valence-electron chi connectivity index (χ2n) is 7.88. The fourth-order valence-electron chi connectivity index (χ4n) is 4.37. The highest BCUT2D eigenvalue weighted by molar-refractivity contribution is 7.08. The van der Waals surface area contributed by atoms with Gasteiger partial charge in [0.2, 0.25) is 0 Å². The van der Waals surface area contributed by atoms with E-state index in [1.165, 1.54) is 23.8 Å². The number of aromatic nitrogens is 2. The smallest absolute Gasteiger partial charge is 0.267 e. The van der Waals surface area contributed by atoms with Crippen LogP contribution in [-0.2, 0) is 4.79 Å². The molecule has 7 heteroatoms. The van der Waals surface area contributed by atoms with Crippen LogP contribution in [0.3, 0.4) is 0 Å². The fourth-order valence-corrected chi connectivity index (χ4v) is 5.01. The van der Waals surface area contributed by atoms with Crippen LogP contribution in [0, 0.1) is 6.92 Å². The van der Waals surface area contributed by atoms with Crippen molar-refractivity contribution in [1.82, 2.24) is 19.9 Å². The number of rotatable bonds is 6. The van der Waals surface area contributed by atoms with E-state index in [1.54, 1.807) is 22.9 Å². The summed E-state index contributed by atoms with van der Waals surface area (Å²) >= 11 is 1.70. The molecule has 1 atom stereocenters. The van der Waals surface area contributed by atoms with Gasteiger partial charge in [0.15, 0.2) is 0 Å². The van der Waals surface area contributed by atoms with Gasteiger partial charge in [-0.2, -0.15) is 11.3 Å². The molecule has 2 aromatic heterocycles. The van der Waals surface area contributed by atoms with Crippen molar-refractivity contribution in [3.05, 3.63) is 58.4 Å². The molecule has 6 nitrogen and oxygen atoms in total. The number of benzene rings is 1. The highest BCUT2D eigenvalue weighted by atomic mass is 32.1. The van der Waals surface area contributed by atoms with Crippen molar-refractivity contribution in [2.24, 2.45) is 0 Å². The quantitative estimate of drug-likeness (QED) is 0.332. The SMILES string of the molecule is CCN1CCCC(n2c(-c3cccc(/C=C/C(=O)NO)c3)nc(C)c2-c2ccsc2)C1. The number of carbonyl (C=O) groups is 1. The average Bonchev–Trinajstić information content (AvgIpc) is 3.45. The lowest BCUT2D eigenvalue weighted by Gasteiger charge is -2.34. The number of hydrogen-bond acceptors (Lipinski definition) is 5. The first-order valence-electron chi connectivity index (χ1n) is 10.7. The van der Waals surface area contributed by atoms with Gasteiger partial charge in [-0.25, -0.2) is 10.5 Å². The summed E-state index contributed by atoms with van der Waals surface area (Å²) in [4.78, 5) is 18.9. The van der Waals surface area contributed by atoms with E-state index in [2.05, 4.69) is 46.2 Å². The number of hydroxylamine groups is 1. The molecule has 1 aliphatic heterocycles. The average molecular weight is 437 g/mol. The van der Waals surface area contributed by atoms with E-state index in [4.69, 9.17) is 10.2 Å². The molecule has 0 bridgehead atoms. The lowest BCUT2D eigenvalue weighted by atomic mass is 10.0. The first kappa shape index (κ1) is 21.5. The molecule has 162 valence electrons. The van der Waals surface area contributed by atoms with Gasteiger partial charge in [0, 0.05) is 35.2 Å². The Morgan fingerprint density at radius 1 is 1.35 bits per heavy atom. The van der Waals surface area contributed by atoms with E-state index < -0.39 is 5.91 Å². The van der Waals surface area contributed by atoms with Gasteiger partial charge in [0.1, 0.15) is 5.82 Å². The van der Waals surface area contributed by atoms with Gasteiger partial charge in [0.05, 0.1) is 11.4 Å². The van der Waals surface area contributed by atoms with Gasteiger partial charge in [-0.15, -0.1) is 0 Å². The van der Waals surface area contributed by atoms with Crippen LogP contribution in [0.1, 0.15) is 37.1 Å². The molecular weight excluding hydrogens is 408 g/mol. The zero-order valence-corrected chi connectivity index (χ0v) is 18.7. The molecule has 0 aliphatic carbocycles. The second kappa shape index (κ2) is 9.60. The Hall–Kier alpha value is -2.74. The third-order valence-electron chi connectivity index (χ3n) is 5.86. The van der Waals surface area contributed by atoms with Crippen LogP contribution in [0.5, 0.6) is 0 Å².